The molecule has 0 amide bonds. The lowest BCUT2D eigenvalue weighted by molar-refractivity contribution is -0.00834. The van der Waals surface area contributed by atoms with Crippen LogP contribution in [-0.2, 0) is 16.1 Å². The smallest absolute Gasteiger partial charge is 0.191 e. The summed E-state index contributed by atoms with van der Waals surface area (Å²) in [5, 5.41) is 6.85. The van der Waals surface area contributed by atoms with Gasteiger partial charge in [-0.05, 0) is 32.3 Å². The van der Waals surface area contributed by atoms with Crippen molar-refractivity contribution < 1.29 is 9.47 Å². The monoisotopic (exact) mass is 376 g/mol. The van der Waals surface area contributed by atoms with E-state index in [1.807, 2.05) is 25.2 Å². The number of ether oxygens (including phenoxy) is 2. The summed E-state index contributed by atoms with van der Waals surface area (Å²) in [6, 6.07) is 10.3. The van der Waals surface area contributed by atoms with Crippen molar-refractivity contribution >= 4 is 5.96 Å². The molecule has 2 rings (SSSR count). The van der Waals surface area contributed by atoms with Crippen molar-refractivity contribution in [2.24, 2.45) is 4.99 Å². The lowest BCUT2D eigenvalue weighted by Crippen LogP contribution is -2.56. The lowest BCUT2D eigenvalue weighted by Gasteiger charge is -2.41. The molecule has 1 saturated heterocycles. The Morgan fingerprint density at radius 1 is 1.15 bits per heavy atom. The Kier molecular flexibility index (Phi) is 9.59. The highest BCUT2D eigenvalue weighted by atomic mass is 16.5. The predicted molar refractivity (Wildman–Crippen MR) is 111 cm³/mol. The molecular weight excluding hydrogens is 340 g/mol. The van der Waals surface area contributed by atoms with Crippen molar-refractivity contribution in [3.63, 3.8) is 0 Å². The number of hydrogen-bond acceptors (Lipinski definition) is 4. The van der Waals surface area contributed by atoms with E-state index in [2.05, 4.69) is 46.5 Å². The van der Waals surface area contributed by atoms with Crippen molar-refractivity contribution in [3.05, 3.63) is 35.9 Å². The number of guanidine groups is 1. The summed E-state index contributed by atoms with van der Waals surface area (Å²) in [6.45, 7) is 11.4. The van der Waals surface area contributed by atoms with E-state index in [-0.39, 0.29) is 5.54 Å². The minimum Gasteiger partial charge on any atom is -0.379 e. The van der Waals surface area contributed by atoms with Gasteiger partial charge < -0.3 is 20.1 Å². The van der Waals surface area contributed by atoms with Crippen molar-refractivity contribution in [3.8, 4) is 0 Å². The van der Waals surface area contributed by atoms with Crippen molar-refractivity contribution in [2.45, 2.75) is 38.8 Å². The summed E-state index contributed by atoms with van der Waals surface area (Å²) in [5.74, 6) is 0.863. The maximum Gasteiger partial charge on any atom is 0.191 e. The van der Waals surface area contributed by atoms with Crippen LogP contribution in [0.2, 0.25) is 0 Å². The summed E-state index contributed by atoms with van der Waals surface area (Å²) < 4.78 is 11.2. The molecule has 6 heteroatoms. The Hall–Kier alpha value is -1.63. The highest BCUT2D eigenvalue weighted by molar-refractivity contribution is 5.79. The second kappa shape index (κ2) is 12.0. The third kappa shape index (κ3) is 8.28. The summed E-state index contributed by atoms with van der Waals surface area (Å²) in [4.78, 5) is 6.80. The molecule has 1 aromatic rings. The molecule has 2 N–H and O–H groups in total. The average molecular weight is 377 g/mol. The van der Waals surface area contributed by atoms with Gasteiger partial charge in [-0.2, -0.15) is 0 Å². The lowest BCUT2D eigenvalue weighted by atomic mass is 10.0. The zero-order valence-electron chi connectivity index (χ0n) is 17.2. The minimum absolute atomic E-state index is 0.0761. The quantitative estimate of drug-likeness (QED) is 0.373. The summed E-state index contributed by atoms with van der Waals surface area (Å²) >= 11 is 0. The Morgan fingerprint density at radius 3 is 2.59 bits per heavy atom. The second-order valence-electron chi connectivity index (χ2n) is 7.51. The Morgan fingerprint density at radius 2 is 1.89 bits per heavy atom. The van der Waals surface area contributed by atoms with Crippen LogP contribution in [0.3, 0.4) is 0 Å². The van der Waals surface area contributed by atoms with E-state index in [0.29, 0.717) is 6.61 Å². The van der Waals surface area contributed by atoms with Crippen LogP contribution in [0, 0.1) is 0 Å². The third-order valence-corrected chi connectivity index (χ3v) is 4.90. The van der Waals surface area contributed by atoms with Crippen LogP contribution in [0.25, 0.3) is 0 Å². The van der Waals surface area contributed by atoms with Crippen molar-refractivity contribution in [2.75, 3.05) is 53.0 Å². The van der Waals surface area contributed by atoms with E-state index in [4.69, 9.17) is 9.47 Å². The Bertz CT molecular complexity index is 542. The van der Waals surface area contributed by atoms with Gasteiger partial charge in [0.1, 0.15) is 0 Å². The van der Waals surface area contributed by atoms with Crippen molar-refractivity contribution in [1.82, 2.24) is 15.5 Å². The number of morpholine rings is 1. The van der Waals surface area contributed by atoms with Gasteiger partial charge in [0.25, 0.3) is 0 Å². The number of hydrogen-bond donors (Lipinski definition) is 2. The van der Waals surface area contributed by atoms with Gasteiger partial charge >= 0.3 is 0 Å². The fourth-order valence-electron chi connectivity index (χ4n) is 3.10. The predicted octanol–water partition coefficient (Wildman–Crippen LogP) is 2.26. The maximum absolute atomic E-state index is 5.72. The molecule has 0 bridgehead atoms. The standard InChI is InChI=1S/C21H36N4O2/c1-21(2,25-12-15-26-16-13-25)18-24-20(22-3)23-11-7-8-14-27-17-19-9-5-4-6-10-19/h4-6,9-10H,7-8,11-18H2,1-3H3,(H2,22,23,24). The number of nitrogens with one attached hydrogen (secondary N) is 2. The van der Waals surface area contributed by atoms with E-state index in [1.54, 1.807) is 0 Å². The number of benzene rings is 1. The summed E-state index contributed by atoms with van der Waals surface area (Å²) in [7, 11) is 1.82. The van der Waals surface area contributed by atoms with Crippen molar-refractivity contribution in [1.29, 1.82) is 0 Å². The normalized spacial score (nSPS) is 16.3. The number of unbranched alkanes of at least 4 members (excludes halogenated alkanes) is 1. The van der Waals surface area contributed by atoms with Gasteiger partial charge in [0.15, 0.2) is 5.96 Å². The maximum atomic E-state index is 5.72. The van der Waals surface area contributed by atoms with Crippen LogP contribution in [-0.4, -0.2) is 69.4 Å². The van der Waals surface area contributed by atoms with Crippen LogP contribution in [0.4, 0.5) is 0 Å². The van der Waals surface area contributed by atoms with Gasteiger partial charge in [0.05, 0.1) is 19.8 Å². The molecule has 1 aliphatic heterocycles. The molecule has 152 valence electrons. The molecule has 0 spiro atoms. The SMILES string of the molecule is CN=C(NCCCCOCc1ccccc1)NCC(C)(C)N1CCOCC1. The highest BCUT2D eigenvalue weighted by Gasteiger charge is 2.28. The molecule has 6 nitrogen and oxygen atoms in total. The van der Waals surface area contributed by atoms with Gasteiger partial charge in [0, 0.05) is 45.4 Å². The van der Waals surface area contributed by atoms with E-state index in [9.17, 15) is 0 Å². The van der Waals surface area contributed by atoms with Gasteiger partial charge in [-0.15, -0.1) is 0 Å². The fraction of sp³-hybridized carbons (Fsp3) is 0.667. The molecule has 27 heavy (non-hydrogen) atoms. The molecule has 0 saturated carbocycles. The minimum atomic E-state index is 0.0761. The molecular formula is C21H36N4O2. The molecule has 1 fully saturated rings. The van der Waals surface area contributed by atoms with Crippen LogP contribution in [0.5, 0.6) is 0 Å². The molecule has 1 aromatic carbocycles. The molecule has 0 aliphatic carbocycles. The topological polar surface area (TPSA) is 58.1 Å². The van der Waals surface area contributed by atoms with Gasteiger partial charge in [-0.25, -0.2) is 0 Å². The molecule has 0 radical (unpaired) electrons. The number of aliphatic imine (C=N–C) groups is 1. The first-order valence-corrected chi connectivity index (χ1v) is 10.0. The van der Waals surface area contributed by atoms with E-state index in [1.165, 1.54) is 5.56 Å². The van der Waals surface area contributed by atoms with E-state index >= 15 is 0 Å². The third-order valence-electron chi connectivity index (χ3n) is 4.90. The van der Waals surface area contributed by atoms with Crippen LogP contribution in [0.1, 0.15) is 32.3 Å². The average Bonchev–Trinajstić information content (AvgIpc) is 2.71. The van der Waals surface area contributed by atoms with Gasteiger partial charge in [0.2, 0.25) is 0 Å². The first kappa shape index (κ1) is 21.7. The molecule has 1 aliphatic rings. The van der Waals surface area contributed by atoms with Crippen LogP contribution in [0.15, 0.2) is 35.3 Å². The largest absolute Gasteiger partial charge is 0.379 e. The van der Waals surface area contributed by atoms with Crippen LogP contribution < -0.4 is 10.6 Å². The fourth-order valence-corrected chi connectivity index (χ4v) is 3.10. The van der Waals surface area contributed by atoms with Gasteiger partial charge in [-0.3, -0.25) is 9.89 Å². The highest BCUT2D eigenvalue weighted by Crippen LogP contribution is 2.14. The zero-order chi connectivity index (χ0) is 19.4. The summed E-state index contributed by atoms with van der Waals surface area (Å²) in [5.41, 5.74) is 1.30. The van der Waals surface area contributed by atoms with Gasteiger partial charge in [-0.1, -0.05) is 30.3 Å². The molecule has 1 heterocycles. The van der Waals surface area contributed by atoms with E-state index < -0.39 is 0 Å². The number of rotatable bonds is 10. The van der Waals surface area contributed by atoms with Crippen LogP contribution >= 0.6 is 0 Å². The molecule has 0 aromatic heterocycles. The number of nitrogens with zero attached hydrogens (tertiary/aromatic N) is 2. The molecule has 0 unspecified atom stereocenters. The first-order valence-electron chi connectivity index (χ1n) is 10.0. The molecule has 0 atom stereocenters. The summed E-state index contributed by atoms with van der Waals surface area (Å²) in [6.07, 6.45) is 2.10. The van der Waals surface area contributed by atoms with E-state index in [0.717, 1.165) is 64.8 Å². The first-order chi connectivity index (χ1) is 13.1. The Balaban J connectivity index is 1.54. The second-order valence-corrected chi connectivity index (χ2v) is 7.51. The Labute approximate surface area is 164 Å². The zero-order valence-corrected chi connectivity index (χ0v) is 17.2.